The summed E-state index contributed by atoms with van der Waals surface area (Å²) >= 11 is 0. The van der Waals surface area contributed by atoms with Gasteiger partial charge in [0.15, 0.2) is 5.65 Å². The fourth-order valence-corrected chi connectivity index (χ4v) is 2.56. The lowest BCUT2D eigenvalue weighted by atomic mass is 10.3. The van der Waals surface area contributed by atoms with Crippen LogP contribution in [0, 0.1) is 6.92 Å². The molecule has 3 heterocycles. The number of aromatic nitrogens is 4. The van der Waals surface area contributed by atoms with Crippen LogP contribution in [-0.2, 0) is 6.54 Å². The monoisotopic (exact) mass is 286 g/mol. The summed E-state index contributed by atoms with van der Waals surface area (Å²) in [7, 11) is 1.58. The Balaban J connectivity index is 2.44. The van der Waals surface area contributed by atoms with Crippen molar-refractivity contribution in [3.05, 3.63) is 34.5 Å². The Hall–Kier alpha value is -2.37. The summed E-state index contributed by atoms with van der Waals surface area (Å²) in [5.74, 6) is 1.27. The Labute approximate surface area is 122 Å². The normalized spacial score (nSPS) is 11.4. The summed E-state index contributed by atoms with van der Waals surface area (Å²) in [4.78, 5) is 21.4. The van der Waals surface area contributed by atoms with Crippen molar-refractivity contribution in [1.82, 2.24) is 18.9 Å². The zero-order chi connectivity index (χ0) is 15.0. The molecule has 0 radical (unpaired) electrons. The highest BCUT2D eigenvalue weighted by Crippen LogP contribution is 2.18. The van der Waals surface area contributed by atoms with Crippen LogP contribution in [0.1, 0.15) is 25.6 Å². The standard InChI is InChI=1S/C15H18N4O2/c1-4-5-8-18-11-6-7-13(21-3)17-14(11)19-10(2)16-9-12(19)15(18)20/h6-7,9H,4-5,8H2,1-3H3. The summed E-state index contributed by atoms with van der Waals surface area (Å²) in [6.07, 6.45) is 3.59. The molecular formula is C15H18N4O2. The van der Waals surface area contributed by atoms with Crippen molar-refractivity contribution >= 4 is 16.7 Å². The highest BCUT2D eigenvalue weighted by molar-refractivity contribution is 5.76. The van der Waals surface area contributed by atoms with E-state index >= 15 is 0 Å². The van der Waals surface area contributed by atoms with Gasteiger partial charge < -0.3 is 9.30 Å². The molecule has 0 aliphatic carbocycles. The van der Waals surface area contributed by atoms with Crippen molar-refractivity contribution in [2.24, 2.45) is 0 Å². The van der Waals surface area contributed by atoms with E-state index in [2.05, 4.69) is 16.9 Å². The number of hydrogen-bond donors (Lipinski definition) is 0. The smallest absolute Gasteiger partial charge is 0.277 e. The molecule has 0 bridgehead atoms. The Bertz CT molecular complexity index is 863. The molecule has 3 aromatic rings. The second kappa shape index (κ2) is 5.20. The van der Waals surface area contributed by atoms with E-state index < -0.39 is 0 Å². The van der Waals surface area contributed by atoms with Crippen molar-refractivity contribution in [2.45, 2.75) is 33.2 Å². The summed E-state index contributed by atoms with van der Waals surface area (Å²) in [6, 6.07) is 3.67. The Morgan fingerprint density at radius 2 is 2.10 bits per heavy atom. The fourth-order valence-electron chi connectivity index (χ4n) is 2.56. The third-order valence-electron chi connectivity index (χ3n) is 3.68. The Kier molecular flexibility index (Phi) is 3.37. The van der Waals surface area contributed by atoms with E-state index in [1.807, 2.05) is 13.0 Å². The number of rotatable bonds is 4. The van der Waals surface area contributed by atoms with Gasteiger partial charge in [-0.15, -0.1) is 0 Å². The van der Waals surface area contributed by atoms with Crippen LogP contribution in [0.25, 0.3) is 16.7 Å². The molecule has 3 rings (SSSR count). The number of nitrogens with zero attached hydrogens (tertiary/aromatic N) is 4. The van der Waals surface area contributed by atoms with E-state index in [9.17, 15) is 4.79 Å². The predicted octanol–water partition coefficient (Wildman–Crippen LogP) is 2.16. The highest BCUT2D eigenvalue weighted by atomic mass is 16.5. The van der Waals surface area contributed by atoms with Gasteiger partial charge in [0.1, 0.15) is 11.3 Å². The molecule has 0 saturated heterocycles. The van der Waals surface area contributed by atoms with Gasteiger partial charge in [-0.3, -0.25) is 9.20 Å². The van der Waals surface area contributed by atoms with Crippen LogP contribution in [-0.4, -0.2) is 26.0 Å². The van der Waals surface area contributed by atoms with Gasteiger partial charge in [0, 0.05) is 12.6 Å². The van der Waals surface area contributed by atoms with Crippen molar-refractivity contribution in [2.75, 3.05) is 7.11 Å². The van der Waals surface area contributed by atoms with E-state index in [1.54, 1.807) is 28.3 Å². The van der Waals surface area contributed by atoms with Gasteiger partial charge in [0.25, 0.3) is 5.56 Å². The van der Waals surface area contributed by atoms with E-state index in [0.29, 0.717) is 23.6 Å². The molecule has 0 aliphatic heterocycles. The molecular weight excluding hydrogens is 268 g/mol. The molecule has 0 aliphatic rings. The zero-order valence-corrected chi connectivity index (χ0v) is 12.5. The molecule has 0 N–H and O–H groups in total. The van der Waals surface area contributed by atoms with Gasteiger partial charge in [0.2, 0.25) is 5.88 Å². The first kappa shape index (κ1) is 13.6. The minimum absolute atomic E-state index is 0.0245. The first-order valence-corrected chi connectivity index (χ1v) is 7.09. The largest absolute Gasteiger partial charge is 0.481 e. The number of imidazole rings is 1. The number of ether oxygens (including phenoxy) is 1. The first-order chi connectivity index (χ1) is 10.2. The Morgan fingerprint density at radius 3 is 2.81 bits per heavy atom. The SMILES string of the molecule is CCCCn1c(=O)c2cnc(C)n2c2nc(OC)ccc21. The quantitative estimate of drug-likeness (QED) is 0.737. The molecule has 110 valence electrons. The minimum Gasteiger partial charge on any atom is -0.481 e. The molecule has 0 atom stereocenters. The van der Waals surface area contributed by atoms with Gasteiger partial charge >= 0.3 is 0 Å². The third-order valence-corrected chi connectivity index (χ3v) is 3.68. The number of fused-ring (bicyclic) bond motifs is 3. The van der Waals surface area contributed by atoms with Crippen LogP contribution >= 0.6 is 0 Å². The van der Waals surface area contributed by atoms with Gasteiger partial charge in [-0.1, -0.05) is 13.3 Å². The van der Waals surface area contributed by atoms with Gasteiger partial charge in [-0.2, -0.15) is 4.98 Å². The summed E-state index contributed by atoms with van der Waals surface area (Å²) in [5.41, 5.74) is 2.04. The number of unbranched alkanes of at least 4 members (excludes halogenated alkanes) is 1. The van der Waals surface area contributed by atoms with Crippen molar-refractivity contribution in [3.63, 3.8) is 0 Å². The number of aryl methyl sites for hydroxylation is 2. The van der Waals surface area contributed by atoms with E-state index in [0.717, 1.165) is 24.2 Å². The second-order valence-electron chi connectivity index (χ2n) is 5.03. The molecule has 0 spiro atoms. The van der Waals surface area contributed by atoms with Crippen LogP contribution < -0.4 is 10.3 Å². The van der Waals surface area contributed by atoms with Gasteiger partial charge in [0.05, 0.1) is 18.8 Å². The second-order valence-corrected chi connectivity index (χ2v) is 5.03. The average molecular weight is 286 g/mol. The molecule has 6 nitrogen and oxygen atoms in total. The third kappa shape index (κ3) is 2.07. The first-order valence-electron chi connectivity index (χ1n) is 7.09. The van der Waals surface area contributed by atoms with Gasteiger partial charge in [-0.05, 0) is 19.4 Å². The van der Waals surface area contributed by atoms with E-state index in [4.69, 9.17) is 4.74 Å². The molecule has 0 amide bonds. The van der Waals surface area contributed by atoms with Crippen molar-refractivity contribution in [3.8, 4) is 5.88 Å². The zero-order valence-electron chi connectivity index (χ0n) is 12.5. The van der Waals surface area contributed by atoms with E-state index in [1.165, 1.54) is 0 Å². The van der Waals surface area contributed by atoms with Crippen LogP contribution in [0.15, 0.2) is 23.1 Å². The number of pyridine rings is 1. The average Bonchev–Trinajstić information content (AvgIpc) is 2.89. The van der Waals surface area contributed by atoms with Crippen LogP contribution in [0.3, 0.4) is 0 Å². The lowest BCUT2D eigenvalue weighted by Gasteiger charge is -2.12. The lowest BCUT2D eigenvalue weighted by molar-refractivity contribution is 0.399. The molecule has 0 fully saturated rings. The Morgan fingerprint density at radius 1 is 1.29 bits per heavy atom. The van der Waals surface area contributed by atoms with Crippen molar-refractivity contribution in [1.29, 1.82) is 0 Å². The van der Waals surface area contributed by atoms with Crippen LogP contribution in [0.5, 0.6) is 5.88 Å². The van der Waals surface area contributed by atoms with Crippen LogP contribution in [0.2, 0.25) is 0 Å². The number of hydrogen-bond acceptors (Lipinski definition) is 4. The fraction of sp³-hybridized carbons (Fsp3) is 0.400. The molecule has 6 heteroatoms. The van der Waals surface area contributed by atoms with Crippen molar-refractivity contribution < 1.29 is 4.74 Å². The minimum atomic E-state index is -0.0245. The maximum atomic E-state index is 12.7. The maximum Gasteiger partial charge on any atom is 0.277 e. The lowest BCUT2D eigenvalue weighted by Crippen LogP contribution is -2.23. The highest BCUT2D eigenvalue weighted by Gasteiger charge is 2.14. The number of methoxy groups -OCH3 is 1. The topological polar surface area (TPSA) is 61.4 Å². The molecule has 0 saturated carbocycles. The molecule has 0 aromatic carbocycles. The summed E-state index contributed by atoms with van der Waals surface area (Å²) in [5, 5.41) is 0. The van der Waals surface area contributed by atoms with Gasteiger partial charge in [-0.25, -0.2) is 4.98 Å². The van der Waals surface area contributed by atoms with Crippen LogP contribution in [0.4, 0.5) is 0 Å². The summed E-state index contributed by atoms with van der Waals surface area (Å²) < 4.78 is 8.78. The molecule has 3 aromatic heterocycles. The molecule has 21 heavy (non-hydrogen) atoms. The molecule has 0 unspecified atom stereocenters. The predicted molar refractivity (Wildman–Crippen MR) is 81.0 cm³/mol. The summed E-state index contributed by atoms with van der Waals surface area (Å²) in [6.45, 7) is 4.65. The maximum absolute atomic E-state index is 12.7. The van der Waals surface area contributed by atoms with E-state index in [-0.39, 0.29) is 5.56 Å².